The number of hydrogen-bond donors (Lipinski definition) is 0. The predicted octanol–water partition coefficient (Wildman–Crippen LogP) is 0.468. The lowest BCUT2D eigenvalue weighted by atomic mass is 10.1. The summed E-state index contributed by atoms with van der Waals surface area (Å²) >= 11 is 0. The molecule has 0 spiro atoms. The number of rotatable bonds is 4. The molecule has 2 atom stereocenters. The molecule has 96 valence electrons. The average molecular weight is 236 g/mol. The molecule has 0 aromatic carbocycles. The van der Waals surface area contributed by atoms with Crippen molar-refractivity contribution in [1.29, 1.82) is 5.26 Å². The molecule has 0 aliphatic carbocycles. The zero-order valence-electron chi connectivity index (χ0n) is 11.1. The Kier molecular flexibility index (Phi) is 4.38. The monoisotopic (exact) mass is 236 g/mol. The van der Waals surface area contributed by atoms with E-state index >= 15 is 0 Å². The Balaban J connectivity index is 1.73. The van der Waals surface area contributed by atoms with Gasteiger partial charge in [-0.3, -0.25) is 4.90 Å². The highest BCUT2D eigenvalue weighted by atomic mass is 15.3. The first-order chi connectivity index (χ1) is 8.19. The van der Waals surface area contributed by atoms with Crippen LogP contribution < -0.4 is 0 Å². The quantitative estimate of drug-likeness (QED) is 0.710. The van der Waals surface area contributed by atoms with Crippen LogP contribution >= 0.6 is 0 Å². The van der Waals surface area contributed by atoms with E-state index in [1.165, 1.54) is 26.1 Å². The summed E-state index contributed by atoms with van der Waals surface area (Å²) in [5.41, 5.74) is 0. The van der Waals surface area contributed by atoms with Gasteiger partial charge in [0.05, 0.1) is 12.0 Å². The molecule has 2 aliphatic rings. The van der Waals surface area contributed by atoms with E-state index in [4.69, 9.17) is 5.26 Å². The van der Waals surface area contributed by atoms with Crippen LogP contribution in [0.3, 0.4) is 0 Å². The normalized spacial score (nSPS) is 31.2. The van der Waals surface area contributed by atoms with Crippen LogP contribution in [-0.2, 0) is 0 Å². The molecule has 2 aliphatic heterocycles. The maximum absolute atomic E-state index is 8.93. The second kappa shape index (κ2) is 5.81. The fraction of sp³-hybridized carbons (Fsp3) is 0.923. The van der Waals surface area contributed by atoms with Crippen LogP contribution in [0.2, 0.25) is 0 Å². The van der Waals surface area contributed by atoms with Crippen LogP contribution in [0.1, 0.15) is 12.8 Å². The molecule has 0 N–H and O–H groups in total. The fourth-order valence-electron chi connectivity index (χ4n) is 2.88. The number of likely N-dealkylation sites (tertiary alicyclic amines) is 2. The van der Waals surface area contributed by atoms with Gasteiger partial charge in [0.25, 0.3) is 0 Å². The minimum atomic E-state index is 0.283. The van der Waals surface area contributed by atoms with Crippen molar-refractivity contribution in [2.24, 2.45) is 5.92 Å². The summed E-state index contributed by atoms with van der Waals surface area (Å²) in [6.07, 6.45) is 2.36. The summed E-state index contributed by atoms with van der Waals surface area (Å²) in [4.78, 5) is 7.34. The first kappa shape index (κ1) is 12.8. The molecular weight excluding hydrogens is 212 g/mol. The van der Waals surface area contributed by atoms with Gasteiger partial charge in [-0.25, -0.2) is 0 Å². The maximum atomic E-state index is 8.93. The zero-order chi connectivity index (χ0) is 12.3. The van der Waals surface area contributed by atoms with E-state index in [0.29, 0.717) is 6.04 Å². The minimum absolute atomic E-state index is 0.283. The van der Waals surface area contributed by atoms with Gasteiger partial charge in [0.1, 0.15) is 0 Å². The molecule has 0 aromatic rings. The summed E-state index contributed by atoms with van der Waals surface area (Å²) in [5.74, 6) is 0.283. The van der Waals surface area contributed by atoms with Gasteiger partial charge in [-0.05, 0) is 40.0 Å². The molecule has 4 heteroatoms. The van der Waals surface area contributed by atoms with Crippen LogP contribution in [0.15, 0.2) is 0 Å². The van der Waals surface area contributed by atoms with Crippen LogP contribution in [0.25, 0.3) is 0 Å². The summed E-state index contributed by atoms with van der Waals surface area (Å²) < 4.78 is 0. The van der Waals surface area contributed by atoms with Crippen LogP contribution in [0, 0.1) is 17.2 Å². The molecule has 2 saturated heterocycles. The van der Waals surface area contributed by atoms with Crippen molar-refractivity contribution in [3.63, 3.8) is 0 Å². The fourth-order valence-corrected chi connectivity index (χ4v) is 2.88. The van der Waals surface area contributed by atoms with Crippen LogP contribution in [0.5, 0.6) is 0 Å². The molecule has 0 aromatic heterocycles. The van der Waals surface area contributed by atoms with E-state index in [0.717, 1.165) is 26.1 Å². The second-order valence-corrected chi connectivity index (χ2v) is 5.66. The predicted molar refractivity (Wildman–Crippen MR) is 68.7 cm³/mol. The Morgan fingerprint density at radius 1 is 1.24 bits per heavy atom. The molecule has 2 unspecified atom stereocenters. The van der Waals surface area contributed by atoms with Crippen LogP contribution in [-0.4, -0.2) is 74.1 Å². The van der Waals surface area contributed by atoms with Crippen molar-refractivity contribution in [3.8, 4) is 6.07 Å². The smallest absolute Gasteiger partial charge is 0.0669 e. The summed E-state index contributed by atoms with van der Waals surface area (Å²) in [6, 6.07) is 3.11. The van der Waals surface area contributed by atoms with Crippen LogP contribution in [0.4, 0.5) is 0 Å². The van der Waals surface area contributed by atoms with Gasteiger partial charge >= 0.3 is 0 Å². The molecule has 0 saturated carbocycles. The SMILES string of the molecule is CN(C)CCN1CCC(N2CCC(C#N)C2)C1. The Morgan fingerprint density at radius 3 is 2.71 bits per heavy atom. The van der Waals surface area contributed by atoms with Gasteiger partial charge in [0.15, 0.2) is 0 Å². The van der Waals surface area contributed by atoms with E-state index in [-0.39, 0.29) is 5.92 Å². The Hall–Kier alpha value is -0.630. The standard InChI is InChI=1S/C13H24N4/c1-15(2)7-8-16-5-4-13(11-16)17-6-3-12(9-14)10-17/h12-13H,3-8,10-11H2,1-2H3. The number of likely N-dealkylation sites (N-methyl/N-ethyl adjacent to an activating group) is 1. The molecule has 4 nitrogen and oxygen atoms in total. The highest BCUT2D eigenvalue weighted by Gasteiger charge is 2.32. The average Bonchev–Trinajstić information content (AvgIpc) is 2.94. The molecule has 0 amide bonds. The molecule has 2 fully saturated rings. The number of nitrogens with zero attached hydrogens (tertiary/aromatic N) is 4. The largest absolute Gasteiger partial charge is 0.308 e. The highest BCUT2D eigenvalue weighted by molar-refractivity contribution is 4.95. The molecule has 0 bridgehead atoms. The molecular formula is C13H24N4. The van der Waals surface area contributed by atoms with E-state index in [9.17, 15) is 0 Å². The topological polar surface area (TPSA) is 33.5 Å². The van der Waals surface area contributed by atoms with Gasteiger partial charge in [-0.1, -0.05) is 0 Å². The molecule has 17 heavy (non-hydrogen) atoms. The third kappa shape index (κ3) is 3.41. The van der Waals surface area contributed by atoms with Gasteiger partial charge in [-0.15, -0.1) is 0 Å². The molecule has 2 heterocycles. The van der Waals surface area contributed by atoms with Gasteiger partial charge in [0.2, 0.25) is 0 Å². The third-order valence-electron chi connectivity index (χ3n) is 4.03. The van der Waals surface area contributed by atoms with Crippen molar-refractivity contribution in [1.82, 2.24) is 14.7 Å². The molecule has 0 radical (unpaired) electrons. The Bertz CT molecular complexity index is 284. The van der Waals surface area contributed by atoms with Gasteiger partial charge in [-0.2, -0.15) is 5.26 Å². The number of nitriles is 1. The third-order valence-corrected chi connectivity index (χ3v) is 4.03. The summed E-state index contributed by atoms with van der Waals surface area (Å²) in [7, 11) is 4.26. The first-order valence-corrected chi connectivity index (χ1v) is 6.70. The second-order valence-electron chi connectivity index (χ2n) is 5.66. The van der Waals surface area contributed by atoms with Crippen molar-refractivity contribution in [2.45, 2.75) is 18.9 Å². The van der Waals surface area contributed by atoms with Crippen molar-refractivity contribution < 1.29 is 0 Å². The van der Waals surface area contributed by atoms with E-state index in [1.54, 1.807) is 0 Å². The minimum Gasteiger partial charge on any atom is -0.308 e. The van der Waals surface area contributed by atoms with Crippen molar-refractivity contribution in [2.75, 3.05) is 53.4 Å². The van der Waals surface area contributed by atoms with Crippen molar-refractivity contribution >= 4 is 0 Å². The summed E-state index contributed by atoms with van der Waals surface area (Å²) in [5, 5.41) is 8.93. The Labute approximate surface area is 105 Å². The lowest BCUT2D eigenvalue weighted by molar-refractivity contribution is 0.221. The van der Waals surface area contributed by atoms with E-state index < -0.39 is 0 Å². The maximum Gasteiger partial charge on any atom is 0.0669 e. The zero-order valence-corrected chi connectivity index (χ0v) is 11.1. The van der Waals surface area contributed by atoms with E-state index in [2.05, 4.69) is 34.9 Å². The molecule has 2 rings (SSSR count). The highest BCUT2D eigenvalue weighted by Crippen LogP contribution is 2.23. The Morgan fingerprint density at radius 2 is 2.06 bits per heavy atom. The van der Waals surface area contributed by atoms with Crippen molar-refractivity contribution in [3.05, 3.63) is 0 Å². The lowest BCUT2D eigenvalue weighted by Gasteiger charge is -2.24. The summed E-state index contributed by atoms with van der Waals surface area (Å²) in [6.45, 7) is 6.89. The number of hydrogen-bond acceptors (Lipinski definition) is 4. The first-order valence-electron chi connectivity index (χ1n) is 6.70. The van der Waals surface area contributed by atoms with Gasteiger partial charge in [0, 0.05) is 32.2 Å². The lowest BCUT2D eigenvalue weighted by Crippen LogP contribution is -2.37. The van der Waals surface area contributed by atoms with Gasteiger partial charge < -0.3 is 9.80 Å². The van der Waals surface area contributed by atoms with E-state index in [1.807, 2.05) is 0 Å².